The number of nitrogens with one attached hydrogen (secondary N) is 1. The number of nitrogens with zero attached hydrogens (tertiary/aromatic N) is 2. The molecule has 0 aliphatic rings. The van der Waals surface area contributed by atoms with E-state index in [-0.39, 0.29) is 11.4 Å². The van der Waals surface area contributed by atoms with E-state index < -0.39 is 26.9 Å². The zero-order chi connectivity index (χ0) is 21.2. The summed E-state index contributed by atoms with van der Waals surface area (Å²) in [4.78, 5) is 23.3. The Morgan fingerprint density at radius 2 is 1.72 bits per heavy atom. The minimum absolute atomic E-state index is 0.0438. The maximum absolute atomic E-state index is 12.9. The highest BCUT2D eigenvalue weighted by Gasteiger charge is 2.30. The van der Waals surface area contributed by atoms with Crippen molar-refractivity contribution in [2.24, 2.45) is 0 Å². The summed E-state index contributed by atoms with van der Waals surface area (Å²) in [6.45, 7) is 1.43. The number of carbonyl (C=O) groups excluding carboxylic acids is 1. The number of carbonyl (C=O) groups is 1. The molecule has 150 valence electrons. The third-order valence-electron chi connectivity index (χ3n) is 4.43. The summed E-state index contributed by atoms with van der Waals surface area (Å²) >= 11 is 0. The minimum atomic E-state index is -3.89. The van der Waals surface area contributed by atoms with Gasteiger partial charge in [0.2, 0.25) is 15.9 Å². The van der Waals surface area contributed by atoms with Gasteiger partial charge in [0.25, 0.3) is 5.69 Å². The van der Waals surface area contributed by atoms with Gasteiger partial charge >= 0.3 is 0 Å². The number of amides is 1. The van der Waals surface area contributed by atoms with Crippen LogP contribution >= 0.6 is 0 Å². The van der Waals surface area contributed by atoms with Crippen molar-refractivity contribution in [2.45, 2.75) is 13.0 Å². The van der Waals surface area contributed by atoms with Gasteiger partial charge in [-0.25, -0.2) is 8.42 Å². The van der Waals surface area contributed by atoms with Gasteiger partial charge in [-0.1, -0.05) is 42.5 Å². The Kier molecular flexibility index (Phi) is 5.51. The molecule has 1 N–H and O–H groups in total. The fourth-order valence-corrected chi connectivity index (χ4v) is 4.29. The second kappa shape index (κ2) is 7.88. The fourth-order valence-electron chi connectivity index (χ4n) is 3.12. The van der Waals surface area contributed by atoms with Gasteiger partial charge in [-0.2, -0.15) is 0 Å². The minimum Gasteiger partial charge on any atom is -0.324 e. The predicted molar refractivity (Wildman–Crippen MR) is 112 cm³/mol. The highest BCUT2D eigenvalue weighted by molar-refractivity contribution is 7.92. The van der Waals surface area contributed by atoms with Crippen molar-refractivity contribution in [1.82, 2.24) is 0 Å². The van der Waals surface area contributed by atoms with Crippen LogP contribution in [0.3, 0.4) is 0 Å². The third-order valence-corrected chi connectivity index (χ3v) is 5.67. The molecule has 0 fully saturated rings. The number of anilines is 2. The number of fused-ring (bicyclic) bond motifs is 1. The van der Waals surface area contributed by atoms with Crippen molar-refractivity contribution < 1.29 is 18.1 Å². The number of non-ortho nitro benzene ring substituents is 1. The van der Waals surface area contributed by atoms with Gasteiger partial charge in [-0.05, 0) is 24.4 Å². The van der Waals surface area contributed by atoms with E-state index in [0.29, 0.717) is 5.69 Å². The Morgan fingerprint density at radius 1 is 1.07 bits per heavy atom. The summed E-state index contributed by atoms with van der Waals surface area (Å²) in [5.41, 5.74) is 0.326. The molecule has 1 atom stereocenters. The van der Waals surface area contributed by atoms with Crippen LogP contribution < -0.4 is 9.62 Å². The highest BCUT2D eigenvalue weighted by atomic mass is 32.2. The smallest absolute Gasteiger partial charge is 0.271 e. The summed E-state index contributed by atoms with van der Waals surface area (Å²) in [6, 6.07) is 16.9. The van der Waals surface area contributed by atoms with E-state index >= 15 is 0 Å². The lowest BCUT2D eigenvalue weighted by Gasteiger charge is -2.28. The van der Waals surface area contributed by atoms with Crippen LogP contribution in [0.2, 0.25) is 0 Å². The lowest BCUT2D eigenvalue weighted by atomic mass is 10.1. The maximum Gasteiger partial charge on any atom is 0.271 e. The number of hydrogen-bond acceptors (Lipinski definition) is 5. The van der Waals surface area contributed by atoms with Gasteiger partial charge in [-0.15, -0.1) is 0 Å². The molecule has 9 heteroatoms. The molecule has 0 saturated heterocycles. The Bertz CT molecular complexity index is 1190. The van der Waals surface area contributed by atoms with E-state index in [9.17, 15) is 23.3 Å². The summed E-state index contributed by atoms with van der Waals surface area (Å²) in [7, 11) is -3.89. The lowest BCUT2D eigenvalue weighted by Crippen LogP contribution is -2.45. The van der Waals surface area contributed by atoms with Gasteiger partial charge in [0.15, 0.2) is 0 Å². The average molecular weight is 413 g/mol. The van der Waals surface area contributed by atoms with E-state index in [1.165, 1.54) is 25.1 Å². The van der Waals surface area contributed by atoms with Crippen LogP contribution in [-0.2, 0) is 14.8 Å². The summed E-state index contributed by atoms with van der Waals surface area (Å²) in [6.07, 6.45) is 0.952. The van der Waals surface area contributed by atoms with Gasteiger partial charge in [-0.3, -0.25) is 19.2 Å². The Labute approximate surface area is 168 Å². The zero-order valence-electron chi connectivity index (χ0n) is 15.8. The first-order valence-corrected chi connectivity index (χ1v) is 10.6. The molecule has 0 heterocycles. The van der Waals surface area contributed by atoms with E-state index in [2.05, 4.69) is 5.32 Å². The molecule has 3 aromatic carbocycles. The molecule has 3 aromatic rings. The fraction of sp³-hybridized carbons (Fsp3) is 0.150. The summed E-state index contributed by atoms with van der Waals surface area (Å²) in [5.74, 6) is -0.557. The van der Waals surface area contributed by atoms with Crippen LogP contribution in [0.25, 0.3) is 10.8 Å². The lowest BCUT2D eigenvalue weighted by molar-refractivity contribution is -0.384. The highest BCUT2D eigenvalue weighted by Crippen LogP contribution is 2.27. The zero-order valence-corrected chi connectivity index (χ0v) is 16.6. The largest absolute Gasteiger partial charge is 0.324 e. The Morgan fingerprint density at radius 3 is 2.41 bits per heavy atom. The first-order chi connectivity index (χ1) is 13.7. The van der Waals surface area contributed by atoms with Crippen LogP contribution in [-0.4, -0.2) is 31.5 Å². The molecule has 0 radical (unpaired) electrons. The molecule has 0 saturated carbocycles. The molecular weight excluding hydrogens is 394 g/mol. The number of nitro benzene ring substituents is 1. The van der Waals surface area contributed by atoms with E-state index in [1.54, 1.807) is 12.1 Å². The normalized spacial score (nSPS) is 12.3. The SMILES string of the molecule is C[C@@H](C(=O)Nc1cccc2ccccc12)N(c1cccc([N+](=O)[O-])c1)S(C)(=O)=O. The Balaban J connectivity index is 1.96. The van der Waals surface area contributed by atoms with Crippen molar-refractivity contribution in [1.29, 1.82) is 0 Å². The van der Waals surface area contributed by atoms with E-state index in [1.807, 2.05) is 30.3 Å². The van der Waals surface area contributed by atoms with E-state index in [0.717, 1.165) is 27.4 Å². The molecule has 0 aliphatic heterocycles. The monoisotopic (exact) mass is 413 g/mol. The van der Waals surface area contributed by atoms with Crippen LogP contribution in [0.5, 0.6) is 0 Å². The molecule has 3 rings (SSSR count). The number of hydrogen-bond donors (Lipinski definition) is 1. The molecular formula is C20H19N3O5S. The van der Waals surface area contributed by atoms with Gasteiger partial charge in [0.1, 0.15) is 6.04 Å². The van der Waals surface area contributed by atoms with Gasteiger partial charge in [0, 0.05) is 23.2 Å². The predicted octanol–water partition coefficient (Wildman–Crippen LogP) is 3.54. The second-order valence-electron chi connectivity index (χ2n) is 6.53. The number of nitro groups is 1. The molecule has 29 heavy (non-hydrogen) atoms. The van der Waals surface area contributed by atoms with Crippen LogP contribution in [0.1, 0.15) is 6.92 Å². The standard InChI is InChI=1S/C20H19N3O5S/c1-14(20(24)21-19-12-5-8-15-7-3-4-11-18(15)19)22(29(2,27)28)16-9-6-10-17(13-16)23(25)26/h3-14H,1-2H3,(H,21,24)/t14-/m0/s1. The van der Waals surface area contributed by atoms with Crippen LogP contribution in [0.4, 0.5) is 17.1 Å². The topological polar surface area (TPSA) is 110 Å². The van der Waals surface area contributed by atoms with Crippen LogP contribution in [0, 0.1) is 10.1 Å². The molecule has 0 aromatic heterocycles. The van der Waals surface area contributed by atoms with Crippen LogP contribution in [0.15, 0.2) is 66.7 Å². The van der Waals surface area contributed by atoms with Gasteiger partial charge in [0.05, 0.1) is 16.9 Å². The van der Waals surface area contributed by atoms with Crippen molar-refractivity contribution in [3.8, 4) is 0 Å². The first kappa shape index (κ1) is 20.3. The number of sulfonamides is 1. The molecule has 0 spiro atoms. The molecule has 1 amide bonds. The quantitative estimate of drug-likeness (QED) is 0.491. The van der Waals surface area contributed by atoms with Crippen molar-refractivity contribution in [3.63, 3.8) is 0 Å². The second-order valence-corrected chi connectivity index (χ2v) is 8.39. The molecule has 8 nitrogen and oxygen atoms in total. The molecule has 0 bridgehead atoms. The van der Waals surface area contributed by atoms with Gasteiger partial charge < -0.3 is 5.32 Å². The molecule has 0 aliphatic carbocycles. The summed E-state index contributed by atoms with van der Waals surface area (Å²) < 4.78 is 25.7. The summed E-state index contributed by atoms with van der Waals surface area (Å²) in [5, 5.41) is 15.6. The maximum atomic E-state index is 12.9. The third kappa shape index (κ3) is 4.35. The number of benzene rings is 3. The number of rotatable bonds is 6. The Hall–Kier alpha value is -3.46. The van der Waals surface area contributed by atoms with Crippen molar-refractivity contribution >= 4 is 43.8 Å². The molecule has 0 unspecified atom stereocenters. The first-order valence-electron chi connectivity index (χ1n) is 8.71. The van der Waals surface area contributed by atoms with Crippen molar-refractivity contribution in [3.05, 3.63) is 76.8 Å². The van der Waals surface area contributed by atoms with E-state index in [4.69, 9.17) is 0 Å². The van der Waals surface area contributed by atoms with Crippen molar-refractivity contribution in [2.75, 3.05) is 15.9 Å². The average Bonchev–Trinajstić information content (AvgIpc) is 2.67.